The van der Waals surface area contributed by atoms with Crippen LogP contribution in [0.4, 0.5) is 11.4 Å². The Balaban J connectivity index is 3.10. The standard InChI is InChI=1S/C30H48N2/c1-27(2,3)21-15-13-16-22(28(4,5)6)25(21)32(20-19-31)26-23(29(7,8)9)17-14-18-24(26)30(10,11)12/h13-18H,19-20,31H2,1-12H3. The minimum atomic E-state index is 0.0159. The summed E-state index contributed by atoms with van der Waals surface area (Å²) in [6.45, 7) is 29.2. The van der Waals surface area contributed by atoms with Crippen molar-refractivity contribution in [3.05, 3.63) is 58.7 Å². The summed E-state index contributed by atoms with van der Waals surface area (Å²) in [5, 5.41) is 0. The van der Waals surface area contributed by atoms with Crippen LogP contribution in [0.5, 0.6) is 0 Å². The molecular weight excluding hydrogens is 388 g/mol. The van der Waals surface area contributed by atoms with Gasteiger partial charge in [-0.2, -0.15) is 0 Å². The highest BCUT2D eigenvalue weighted by Crippen LogP contribution is 2.48. The van der Waals surface area contributed by atoms with Gasteiger partial charge < -0.3 is 10.6 Å². The maximum atomic E-state index is 6.30. The van der Waals surface area contributed by atoms with Gasteiger partial charge in [0.05, 0.1) is 0 Å². The number of para-hydroxylation sites is 2. The molecule has 178 valence electrons. The van der Waals surface area contributed by atoms with Crippen molar-refractivity contribution < 1.29 is 0 Å². The Morgan fingerprint density at radius 3 is 0.969 bits per heavy atom. The Bertz CT molecular complexity index is 785. The maximum absolute atomic E-state index is 6.30. The highest BCUT2D eigenvalue weighted by atomic mass is 15.2. The first kappa shape index (κ1) is 26.5. The van der Waals surface area contributed by atoms with Crippen LogP contribution in [0, 0.1) is 0 Å². The van der Waals surface area contributed by atoms with Gasteiger partial charge in [-0.25, -0.2) is 0 Å². The molecule has 2 N–H and O–H groups in total. The normalized spacial score (nSPS) is 13.4. The van der Waals surface area contributed by atoms with Crippen LogP contribution in [0.25, 0.3) is 0 Å². The summed E-state index contributed by atoms with van der Waals surface area (Å²) in [4.78, 5) is 2.56. The van der Waals surface area contributed by atoms with Crippen LogP contribution in [0.15, 0.2) is 36.4 Å². The number of hydrogen-bond acceptors (Lipinski definition) is 2. The second kappa shape index (κ2) is 8.86. The molecule has 0 bridgehead atoms. The molecule has 0 heterocycles. The van der Waals surface area contributed by atoms with Gasteiger partial charge in [-0.1, -0.05) is 119 Å². The quantitative estimate of drug-likeness (QED) is 0.526. The van der Waals surface area contributed by atoms with E-state index in [1.807, 2.05) is 0 Å². The number of anilines is 2. The van der Waals surface area contributed by atoms with Crippen LogP contribution in [-0.4, -0.2) is 13.1 Å². The Labute approximate surface area is 198 Å². The van der Waals surface area contributed by atoms with E-state index < -0.39 is 0 Å². The van der Waals surface area contributed by atoms with E-state index in [4.69, 9.17) is 5.73 Å². The third-order valence-electron chi connectivity index (χ3n) is 6.20. The van der Waals surface area contributed by atoms with Crippen molar-refractivity contribution in [3.63, 3.8) is 0 Å². The molecule has 2 rings (SSSR count). The molecule has 0 aliphatic carbocycles. The summed E-state index contributed by atoms with van der Waals surface area (Å²) >= 11 is 0. The zero-order chi connectivity index (χ0) is 24.7. The van der Waals surface area contributed by atoms with Gasteiger partial charge in [0.25, 0.3) is 0 Å². The number of benzene rings is 2. The van der Waals surface area contributed by atoms with Gasteiger partial charge in [0.1, 0.15) is 0 Å². The molecule has 0 aliphatic rings. The van der Waals surface area contributed by atoms with E-state index in [9.17, 15) is 0 Å². The predicted octanol–water partition coefficient (Wildman–Crippen LogP) is 7.97. The van der Waals surface area contributed by atoms with Gasteiger partial charge in [0.15, 0.2) is 0 Å². The predicted molar refractivity (Wildman–Crippen MR) is 144 cm³/mol. The molecule has 0 aromatic heterocycles. The first-order chi connectivity index (χ1) is 14.4. The first-order valence-electron chi connectivity index (χ1n) is 12.2. The zero-order valence-corrected chi connectivity index (χ0v) is 22.9. The van der Waals surface area contributed by atoms with E-state index >= 15 is 0 Å². The van der Waals surface area contributed by atoms with E-state index in [-0.39, 0.29) is 21.7 Å². The molecule has 2 heteroatoms. The average Bonchev–Trinajstić information content (AvgIpc) is 2.62. The van der Waals surface area contributed by atoms with Crippen LogP contribution < -0.4 is 10.6 Å². The van der Waals surface area contributed by atoms with E-state index in [1.54, 1.807) is 0 Å². The van der Waals surface area contributed by atoms with Gasteiger partial charge in [-0.05, 0) is 43.9 Å². The molecule has 0 fully saturated rings. The minimum absolute atomic E-state index is 0.0159. The number of rotatable bonds is 4. The van der Waals surface area contributed by atoms with Crippen molar-refractivity contribution in [1.29, 1.82) is 0 Å². The fraction of sp³-hybridized carbons (Fsp3) is 0.600. The van der Waals surface area contributed by atoms with E-state index in [1.165, 1.54) is 33.6 Å². The number of nitrogens with zero attached hydrogens (tertiary/aromatic N) is 1. The van der Waals surface area contributed by atoms with Crippen LogP contribution in [0.2, 0.25) is 0 Å². The lowest BCUT2D eigenvalue weighted by Crippen LogP contribution is -2.34. The Morgan fingerprint density at radius 1 is 0.531 bits per heavy atom. The summed E-state index contributed by atoms with van der Waals surface area (Å²) < 4.78 is 0. The molecular formula is C30H48N2. The molecule has 0 saturated heterocycles. The molecule has 0 aliphatic heterocycles. The Kier molecular flexibility index (Phi) is 7.32. The SMILES string of the molecule is CC(C)(C)c1cccc(C(C)(C)C)c1N(CCN)c1c(C(C)(C)C)cccc1C(C)(C)C. The topological polar surface area (TPSA) is 29.3 Å². The zero-order valence-electron chi connectivity index (χ0n) is 22.9. The fourth-order valence-electron chi connectivity index (χ4n) is 4.55. The second-order valence-electron chi connectivity index (χ2n) is 13.3. The Hall–Kier alpha value is -1.80. The smallest absolute Gasteiger partial charge is 0.0487 e. The lowest BCUT2D eigenvalue weighted by atomic mass is 9.76. The number of hydrogen-bond donors (Lipinski definition) is 1. The molecule has 32 heavy (non-hydrogen) atoms. The van der Waals surface area contributed by atoms with Crippen molar-refractivity contribution in [1.82, 2.24) is 0 Å². The van der Waals surface area contributed by atoms with E-state index in [2.05, 4.69) is 124 Å². The molecule has 0 atom stereocenters. The van der Waals surface area contributed by atoms with Gasteiger partial charge in [-0.3, -0.25) is 0 Å². The van der Waals surface area contributed by atoms with Crippen LogP contribution in [-0.2, 0) is 21.7 Å². The van der Waals surface area contributed by atoms with Crippen LogP contribution >= 0.6 is 0 Å². The summed E-state index contributed by atoms with van der Waals surface area (Å²) in [5.41, 5.74) is 14.5. The molecule has 0 spiro atoms. The third-order valence-corrected chi connectivity index (χ3v) is 6.20. The second-order valence-corrected chi connectivity index (χ2v) is 13.3. The summed E-state index contributed by atoms with van der Waals surface area (Å²) in [5.74, 6) is 0. The highest BCUT2D eigenvalue weighted by Gasteiger charge is 2.34. The maximum Gasteiger partial charge on any atom is 0.0487 e. The highest BCUT2D eigenvalue weighted by molar-refractivity contribution is 5.78. The molecule has 0 unspecified atom stereocenters. The molecule has 0 saturated carbocycles. The van der Waals surface area contributed by atoms with Gasteiger partial charge >= 0.3 is 0 Å². The average molecular weight is 437 g/mol. The lowest BCUT2D eigenvalue weighted by molar-refractivity contribution is 0.558. The van der Waals surface area contributed by atoms with Crippen molar-refractivity contribution in [2.45, 2.75) is 105 Å². The third kappa shape index (κ3) is 5.57. The van der Waals surface area contributed by atoms with E-state index in [0.29, 0.717) is 6.54 Å². The molecule has 2 aromatic rings. The van der Waals surface area contributed by atoms with E-state index in [0.717, 1.165) is 6.54 Å². The summed E-state index contributed by atoms with van der Waals surface area (Å²) in [7, 11) is 0. The summed E-state index contributed by atoms with van der Waals surface area (Å²) in [6, 6.07) is 13.7. The minimum Gasteiger partial charge on any atom is -0.339 e. The van der Waals surface area contributed by atoms with Crippen molar-refractivity contribution in [2.75, 3.05) is 18.0 Å². The van der Waals surface area contributed by atoms with Crippen molar-refractivity contribution in [3.8, 4) is 0 Å². The van der Waals surface area contributed by atoms with Gasteiger partial charge in [0, 0.05) is 24.5 Å². The van der Waals surface area contributed by atoms with Gasteiger partial charge in [0.2, 0.25) is 0 Å². The van der Waals surface area contributed by atoms with Crippen LogP contribution in [0.1, 0.15) is 105 Å². The molecule has 2 aromatic carbocycles. The first-order valence-corrected chi connectivity index (χ1v) is 12.2. The molecule has 2 nitrogen and oxygen atoms in total. The van der Waals surface area contributed by atoms with Crippen molar-refractivity contribution >= 4 is 11.4 Å². The van der Waals surface area contributed by atoms with Gasteiger partial charge in [-0.15, -0.1) is 0 Å². The number of nitrogens with two attached hydrogens (primary N) is 1. The fourth-order valence-corrected chi connectivity index (χ4v) is 4.55. The molecule has 0 radical (unpaired) electrons. The summed E-state index contributed by atoms with van der Waals surface area (Å²) in [6.07, 6.45) is 0. The lowest BCUT2D eigenvalue weighted by Gasteiger charge is -2.41. The molecule has 0 amide bonds. The van der Waals surface area contributed by atoms with Crippen molar-refractivity contribution in [2.24, 2.45) is 5.73 Å². The monoisotopic (exact) mass is 436 g/mol. The Morgan fingerprint density at radius 2 is 0.781 bits per heavy atom. The van der Waals surface area contributed by atoms with Crippen LogP contribution in [0.3, 0.4) is 0 Å². The largest absolute Gasteiger partial charge is 0.339 e.